The summed E-state index contributed by atoms with van der Waals surface area (Å²) in [5, 5.41) is 12.4. The molecule has 0 saturated heterocycles. The Morgan fingerprint density at radius 1 is 1.10 bits per heavy atom. The highest BCUT2D eigenvalue weighted by Gasteiger charge is 2.29. The van der Waals surface area contributed by atoms with Crippen molar-refractivity contribution in [1.29, 1.82) is 5.26 Å². The third-order valence-electron chi connectivity index (χ3n) is 2.87. The van der Waals surface area contributed by atoms with E-state index in [1.54, 1.807) is 18.2 Å². The predicted octanol–water partition coefficient (Wildman–Crippen LogP) is 4.84. The Hall–Kier alpha value is -2.19. The largest absolute Gasteiger partial charge is 0.416 e. The van der Waals surface area contributed by atoms with Crippen LogP contribution in [0.4, 0.5) is 18.9 Å². The maximum Gasteiger partial charge on any atom is 0.416 e. The standard InChI is InChI=1S/C15H10ClF3N2/c16-13-6-3-11(8-20)14(7-13)21-9-10-1-4-12(5-2-10)15(17,18)19/h1-7,21H,9H2. The second-order valence-corrected chi connectivity index (χ2v) is 4.79. The molecule has 2 nitrogen and oxygen atoms in total. The first kappa shape index (κ1) is 15.2. The molecule has 2 aromatic rings. The van der Waals surface area contributed by atoms with Crippen molar-refractivity contribution in [3.63, 3.8) is 0 Å². The van der Waals surface area contributed by atoms with E-state index >= 15 is 0 Å². The third-order valence-corrected chi connectivity index (χ3v) is 3.10. The van der Waals surface area contributed by atoms with E-state index in [9.17, 15) is 13.2 Å². The van der Waals surface area contributed by atoms with Gasteiger partial charge in [-0.15, -0.1) is 0 Å². The Morgan fingerprint density at radius 2 is 1.76 bits per heavy atom. The fourth-order valence-corrected chi connectivity index (χ4v) is 1.94. The number of nitriles is 1. The lowest BCUT2D eigenvalue weighted by Gasteiger charge is -2.10. The van der Waals surface area contributed by atoms with Crippen LogP contribution in [-0.4, -0.2) is 0 Å². The number of nitrogens with zero attached hydrogens (tertiary/aromatic N) is 1. The number of anilines is 1. The maximum atomic E-state index is 12.4. The predicted molar refractivity (Wildman–Crippen MR) is 74.9 cm³/mol. The normalized spacial score (nSPS) is 11.0. The molecule has 21 heavy (non-hydrogen) atoms. The number of benzene rings is 2. The summed E-state index contributed by atoms with van der Waals surface area (Å²) in [5.74, 6) is 0. The molecular weight excluding hydrogens is 301 g/mol. The molecule has 0 saturated carbocycles. The summed E-state index contributed by atoms with van der Waals surface area (Å²) in [5.41, 5.74) is 0.954. The number of rotatable bonds is 3. The highest BCUT2D eigenvalue weighted by atomic mass is 35.5. The molecule has 0 heterocycles. The van der Waals surface area contributed by atoms with Gasteiger partial charge in [-0.25, -0.2) is 0 Å². The number of alkyl halides is 3. The molecule has 1 N–H and O–H groups in total. The SMILES string of the molecule is N#Cc1ccc(Cl)cc1NCc1ccc(C(F)(F)F)cc1. The molecule has 0 aliphatic heterocycles. The van der Waals surface area contributed by atoms with Crippen LogP contribution >= 0.6 is 11.6 Å². The van der Waals surface area contributed by atoms with Crippen molar-refractivity contribution in [3.05, 3.63) is 64.2 Å². The van der Waals surface area contributed by atoms with Gasteiger partial charge in [-0.3, -0.25) is 0 Å². The first-order valence-electron chi connectivity index (χ1n) is 6.00. The summed E-state index contributed by atoms with van der Waals surface area (Å²) < 4.78 is 37.3. The van der Waals surface area contributed by atoms with Crippen LogP contribution in [-0.2, 0) is 12.7 Å². The van der Waals surface area contributed by atoms with Gasteiger partial charge in [0.15, 0.2) is 0 Å². The van der Waals surface area contributed by atoms with Crippen LogP contribution < -0.4 is 5.32 Å². The number of halogens is 4. The van der Waals surface area contributed by atoms with Gasteiger partial charge in [-0.05, 0) is 35.9 Å². The quantitative estimate of drug-likeness (QED) is 0.880. The fraction of sp³-hybridized carbons (Fsp3) is 0.133. The summed E-state index contributed by atoms with van der Waals surface area (Å²) in [7, 11) is 0. The van der Waals surface area contributed by atoms with Crippen molar-refractivity contribution in [2.24, 2.45) is 0 Å². The monoisotopic (exact) mass is 310 g/mol. The maximum absolute atomic E-state index is 12.4. The van der Waals surface area contributed by atoms with Crippen LogP contribution in [0.5, 0.6) is 0 Å². The van der Waals surface area contributed by atoms with Gasteiger partial charge in [0, 0.05) is 11.6 Å². The van der Waals surface area contributed by atoms with E-state index in [4.69, 9.17) is 16.9 Å². The topological polar surface area (TPSA) is 35.8 Å². The Labute approximate surface area is 124 Å². The summed E-state index contributed by atoms with van der Waals surface area (Å²) >= 11 is 5.85. The molecule has 0 aliphatic rings. The number of hydrogen-bond donors (Lipinski definition) is 1. The lowest BCUT2D eigenvalue weighted by atomic mass is 10.1. The highest BCUT2D eigenvalue weighted by molar-refractivity contribution is 6.30. The minimum absolute atomic E-state index is 0.299. The highest BCUT2D eigenvalue weighted by Crippen LogP contribution is 2.29. The molecule has 0 amide bonds. The van der Waals surface area contributed by atoms with Crippen molar-refractivity contribution in [2.75, 3.05) is 5.32 Å². The van der Waals surface area contributed by atoms with Crippen LogP contribution in [0.2, 0.25) is 5.02 Å². The first-order valence-corrected chi connectivity index (χ1v) is 6.37. The van der Waals surface area contributed by atoms with Gasteiger partial charge in [0.05, 0.1) is 16.8 Å². The zero-order valence-electron chi connectivity index (χ0n) is 10.7. The lowest BCUT2D eigenvalue weighted by molar-refractivity contribution is -0.137. The number of hydrogen-bond acceptors (Lipinski definition) is 2. The lowest BCUT2D eigenvalue weighted by Crippen LogP contribution is -2.06. The second-order valence-electron chi connectivity index (χ2n) is 4.35. The Morgan fingerprint density at radius 3 is 2.33 bits per heavy atom. The minimum atomic E-state index is -4.34. The molecule has 0 aliphatic carbocycles. The van der Waals surface area contributed by atoms with Gasteiger partial charge in [-0.1, -0.05) is 23.7 Å². The van der Waals surface area contributed by atoms with E-state index in [2.05, 4.69) is 5.32 Å². The van der Waals surface area contributed by atoms with Crippen molar-refractivity contribution in [2.45, 2.75) is 12.7 Å². The molecule has 108 valence electrons. The molecule has 2 aromatic carbocycles. The molecule has 0 radical (unpaired) electrons. The van der Waals surface area contributed by atoms with Crippen LogP contribution in [0, 0.1) is 11.3 Å². The van der Waals surface area contributed by atoms with E-state index in [-0.39, 0.29) is 0 Å². The molecule has 0 fully saturated rings. The molecular formula is C15H10ClF3N2. The first-order chi connectivity index (χ1) is 9.90. The van der Waals surface area contributed by atoms with Gasteiger partial charge >= 0.3 is 6.18 Å². The van der Waals surface area contributed by atoms with E-state index in [1.807, 2.05) is 6.07 Å². The van der Waals surface area contributed by atoms with Gasteiger partial charge in [0.25, 0.3) is 0 Å². The van der Waals surface area contributed by atoms with E-state index < -0.39 is 11.7 Å². The van der Waals surface area contributed by atoms with E-state index in [0.29, 0.717) is 28.4 Å². The van der Waals surface area contributed by atoms with Crippen molar-refractivity contribution in [1.82, 2.24) is 0 Å². The van der Waals surface area contributed by atoms with E-state index in [0.717, 1.165) is 12.1 Å². The van der Waals surface area contributed by atoms with Crippen molar-refractivity contribution in [3.8, 4) is 6.07 Å². The van der Waals surface area contributed by atoms with E-state index in [1.165, 1.54) is 12.1 Å². The van der Waals surface area contributed by atoms with Gasteiger partial charge in [-0.2, -0.15) is 18.4 Å². The number of nitrogens with one attached hydrogen (secondary N) is 1. The minimum Gasteiger partial charge on any atom is -0.380 e. The second kappa shape index (κ2) is 6.06. The molecule has 0 aromatic heterocycles. The Balaban J connectivity index is 2.10. The Bertz CT molecular complexity index is 673. The summed E-state index contributed by atoms with van der Waals surface area (Å²) in [4.78, 5) is 0. The molecule has 0 spiro atoms. The summed E-state index contributed by atoms with van der Waals surface area (Å²) in [6.07, 6.45) is -4.34. The molecule has 0 unspecified atom stereocenters. The van der Waals surface area contributed by atoms with Gasteiger partial charge in [0.2, 0.25) is 0 Å². The fourth-order valence-electron chi connectivity index (χ4n) is 1.77. The van der Waals surface area contributed by atoms with Crippen LogP contribution in [0.15, 0.2) is 42.5 Å². The van der Waals surface area contributed by atoms with Crippen LogP contribution in [0.3, 0.4) is 0 Å². The summed E-state index contributed by atoms with van der Waals surface area (Å²) in [6.45, 7) is 0.299. The molecule has 2 rings (SSSR count). The zero-order chi connectivity index (χ0) is 15.5. The van der Waals surface area contributed by atoms with Crippen molar-refractivity contribution < 1.29 is 13.2 Å². The summed E-state index contributed by atoms with van der Waals surface area (Å²) in [6, 6.07) is 11.6. The third kappa shape index (κ3) is 3.89. The average Bonchev–Trinajstić information content (AvgIpc) is 2.45. The van der Waals surface area contributed by atoms with Gasteiger partial charge < -0.3 is 5.32 Å². The van der Waals surface area contributed by atoms with Crippen LogP contribution in [0.25, 0.3) is 0 Å². The smallest absolute Gasteiger partial charge is 0.380 e. The Kier molecular flexibility index (Phi) is 4.39. The van der Waals surface area contributed by atoms with Gasteiger partial charge in [0.1, 0.15) is 6.07 Å². The molecule has 0 atom stereocenters. The zero-order valence-corrected chi connectivity index (χ0v) is 11.5. The molecule has 0 bridgehead atoms. The van der Waals surface area contributed by atoms with Crippen LogP contribution in [0.1, 0.15) is 16.7 Å². The average molecular weight is 311 g/mol. The molecule has 6 heteroatoms. The van der Waals surface area contributed by atoms with Crippen molar-refractivity contribution >= 4 is 17.3 Å².